The van der Waals surface area contributed by atoms with Gasteiger partial charge in [0.2, 0.25) is 0 Å². The molecule has 0 bridgehead atoms. The Labute approximate surface area is 150 Å². The number of hydrogen-bond donors (Lipinski definition) is 0. The summed E-state index contributed by atoms with van der Waals surface area (Å²) in [6.45, 7) is 7.99. The first-order valence-electron chi connectivity index (χ1n) is 8.98. The predicted octanol–water partition coefficient (Wildman–Crippen LogP) is 4.42. The molecule has 2 heterocycles. The molecule has 0 spiro atoms. The van der Waals surface area contributed by atoms with Gasteiger partial charge in [-0.25, -0.2) is 9.13 Å². The number of aromatic nitrogens is 2. The lowest BCUT2D eigenvalue weighted by Crippen LogP contribution is -2.33. The van der Waals surface area contributed by atoms with Crippen LogP contribution in [0.25, 0.3) is 17.2 Å². The van der Waals surface area contributed by atoms with E-state index in [-0.39, 0.29) is 0 Å². The molecule has 0 saturated heterocycles. The third-order valence-electron chi connectivity index (χ3n) is 4.47. The van der Waals surface area contributed by atoms with Crippen molar-refractivity contribution in [1.29, 1.82) is 0 Å². The molecule has 0 aliphatic carbocycles. The highest BCUT2D eigenvalue weighted by Gasteiger charge is 2.06. The van der Waals surface area contributed by atoms with E-state index in [4.69, 9.17) is 0 Å². The number of pyridine rings is 2. The van der Waals surface area contributed by atoms with Crippen LogP contribution in [-0.2, 0) is 13.1 Å². The van der Waals surface area contributed by atoms with Crippen molar-refractivity contribution in [2.45, 2.75) is 32.9 Å². The van der Waals surface area contributed by atoms with Crippen LogP contribution in [0.15, 0.2) is 79.9 Å². The van der Waals surface area contributed by atoms with Crippen molar-refractivity contribution in [3.05, 3.63) is 91.0 Å². The molecule has 0 amide bonds. The molecular formula is C23H26N2+2. The van der Waals surface area contributed by atoms with Gasteiger partial charge in [0, 0.05) is 36.2 Å². The fourth-order valence-corrected chi connectivity index (χ4v) is 2.86. The van der Waals surface area contributed by atoms with Crippen LogP contribution in [0.4, 0.5) is 0 Å². The first kappa shape index (κ1) is 17.1. The van der Waals surface area contributed by atoms with E-state index in [0.717, 1.165) is 18.7 Å². The fraction of sp³-hybridized carbons (Fsp3) is 0.217. The summed E-state index contributed by atoms with van der Waals surface area (Å²) in [6.07, 6.45) is 13.0. The summed E-state index contributed by atoms with van der Waals surface area (Å²) in [5, 5.41) is 0. The van der Waals surface area contributed by atoms with E-state index in [0.29, 0.717) is 0 Å². The maximum Gasteiger partial charge on any atom is 0.173 e. The van der Waals surface area contributed by atoms with Crippen LogP contribution in [-0.4, -0.2) is 0 Å². The molecule has 2 aromatic heterocycles. The zero-order chi connectivity index (χ0) is 17.5. The van der Waals surface area contributed by atoms with Crippen molar-refractivity contribution in [2.24, 2.45) is 0 Å². The smallest absolute Gasteiger partial charge is 0.173 e. The van der Waals surface area contributed by atoms with E-state index in [1.165, 1.54) is 29.5 Å². The van der Waals surface area contributed by atoms with Gasteiger partial charge in [-0.3, -0.25) is 0 Å². The van der Waals surface area contributed by atoms with Crippen LogP contribution in [0.3, 0.4) is 0 Å². The summed E-state index contributed by atoms with van der Waals surface area (Å²) in [7, 11) is 0. The second-order valence-electron chi connectivity index (χ2n) is 6.38. The van der Waals surface area contributed by atoms with Gasteiger partial charge in [-0.2, -0.15) is 0 Å². The molecule has 0 unspecified atom stereocenters. The van der Waals surface area contributed by atoms with Gasteiger partial charge in [-0.05, 0) is 16.7 Å². The Hall–Kier alpha value is -2.74. The normalized spacial score (nSPS) is 10.6. The number of benzene rings is 1. The molecule has 0 aliphatic heterocycles. The number of aryl methyl sites for hydroxylation is 1. The van der Waals surface area contributed by atoms with Gasteiger partial charge < -0.3 is 0 Å². The maximum absolute atomic E-state index is 3.80. The van der Waals surface area contributed by atoms with Gasteiger partial charge in [-0.15, -0.1) is 0 Å². The van der Waals surface area contributed by atoms with E-state index in [9.17, 15) is 0 Å². The third-order valence-corrected chi connectivity index (χ3v) is 4.47. The zero-order valence-electron chi connectivity index (χ0n) is 14.9. The molecule has 0 atom stereocenters. The standard InChI is InChI=1S/C23H26N2/c1-3-5-14-24-15-10-22(11-16-24)23-12-17-25(18-13-23)19-21-8-6-20(4-2)7-9-21/h4,6-13,15-18H,2-3,5,14,19H2,1H3/q+2. The lowest BCUT2D eigenvalue weighted by Gasteiger charge is -2.02. The summed E-state index contributed by atoms with van der Waals surface area (Å²) in [6, 6.07) is 17.3. The van der Waals surface area contributed by atoms with Crippen LogP contribution >= 0.6 is 0 Å². The van der Waals surface area contributed by atoms with Crippen molar-refractivity contribution in [1.82, 2.24) is 0 Å². The van der Waals surface area contributed by atoms with Gasteiger partial charge >= 0.3 is 0 Å². The lowest BCUT2D eigenvalue weighted by molar-refractivity contribution is -0.697. The van der Waals surface area contributed by atoms with Crippen LogP contribution in [0.5, 0.6) is 0 Å². The summed E-state index contributed by atoms with van der Waals surface area (Å²) in [4.78, 5) is 0. The van der Waals surface area contributed by atoms with Gasteiger partial charge in [-0.1, -0.05) is 50.3 Å². The van der Waals surface area contributed by atoms with Crippen LogP contribution < -0.4 is 9.13 Å². The second-order valence-corrected chi connectivity index (χ2v) is 6.38. The minimum Gasteiger partial charge on any atom is -0.205 e. The number of rotatable bonds is 7. The minimum atomic E-state index is 0.878. The number of hydrogen-bond acceptors (Lipinski definition) is 0. The molecule has 3 aromatic rings. The summed E-state index contributed by atoms with van der Waals surface area (Å²) < 4.78 is 4.46. The SMILES string of the molecule is C=Cc1ccc(C[n+]2ccc(-c3cc[n+](CCCC)cc3)cc2)cc1. The highest BCUT2D eigenvalue weighted by molar-refractivity contribution is 5.60. The Bertz CT molecular complexity index is 800. The van der Waals surface area contributed by atoms with Crippen molar-refractivity contribution < 1.29 is 9.13 Å². The average molecular weight is 330 g/mol. The highest BCUT2D eigenvalue weighted by Crippen LogP contribution is 2.15. The zero-order valence-corrected chi connectivity index (χ0v) is 14.9. The quantitative estimate of drug-likeness (QED) is 0.567. The largest absolute Gasteiger partial charge is 0.205 e. The number of unbranched alkanes of at least 4 members (excludes halogenated alkanes) is 1. The molecular weight excluding hydrogens is 304 g/mol. The molecule has 0 fully saturated rings. The van der Waals surface area contributed by atoms with E-state index in [2.05, 4.69) is 96.0 Å². The summed E-state index contributed by atoms with van der Waals surface area (Å²) >= 11 is 0. The summed E-state index contributed by atoms with van der Waals surface area (Å²) in [5.74, 6) is 0. The topological polar surface area (TPSA) is 7.76 Å². The Morgan fingerprint density at radius 3 is 1.88 bits per heavy atom. The van der Waals surface area contributed by atoms with Crippen molar-refractivity contribution in [3.8, 4) is 11.1 Å². The molecule has 0 radical (unpaired) electrons. The molecule has 0 saturated carbocycles. The summed E-state index contributed by atoms with van der Waals surface area (Å²) in [5.41, 5.74) is 4.96. The fourth-order valence-electron chi connectivity index (χ4n) is 2.86. The molecule has 0 aliphatic rings. The Morgan fingerprint density at radius 1 is 0.800 bits per heavy atom. The van der Waals surface area contributed by atoms with Gasteiger partial charge in [0.05, 0.1) is 0 Å². The molecule has 2 heteroatoms. The van der Waals surface area contributed by atoms with E-state index >= 15 is 0 Å². The predicted molar refractivity (Wildman–Crippen MR) is 103 cm³/mol. The highest BCUT2D eigenvalue weighted by atomic mass is 14.9. The van der Waals surface area contributed by atoms with Crippen molar-refractivity contribution in [3.63, 3.8) is 0 Å². The Balaban J connectivity index is 1.67. The molecule has 0 N–H and O–H groups in total. The second kappa shape index (κ2) is 8.39. The molecule has 2 nitrogen and oxygen atoms in total. The van der Waals surface area contributed by atoms with E-state index < -0.39 is 0 Å². The van der Waals surface area contributed by atoms with E-state index in [1.807, 2.05) is 6.08 Å². The van der Waals surface area contributed by atoms with Gasteiger partial charge in [0.1, 0.15) is 6.54 Å². The molecule has 1 aromatic carbocycles. The van der Waals surface area contributed by atoms with Gasteiger partial charge in [0.25, 0.3) is 0 Å². The molecule has 25 heavy (non-hydrogen) atoms. The van der Waals surface area contributed by atoms with Crippen LogP contribution in [0.1, 0.15) is 30.9 Å². The first-order chi connectivity index (χ1) is 12.3. The Morgan fingerprint density at radius 2 is 1.36 bits per heavy atom. The Kier molecular flexibility index (Phi) is 5.73. The maximum atomic E-state index is 3.80. The molecule has 3 rings (SSSR count). The van der Waals surface area contributed by atoms with Crippen LogP contribution in [0, 0.1) is 0 Å². The average Bonchev–Trinajstić information content (AvgIpc) is 2.68. The first-order valence-corrected chi connectivity index (χ1v) is 8.98. The minimum absolute atomic E-state index is 0.878. The van der Waals surface area contributed by atoms with Crippen molar-refractivity contribution >= 4 is 6.08 Å². The third kappa shape index (κ3) is 4.63. The lowest BCUT2D eigenvalue weighted by atomic mass is 10.1. The monoisotopic (exact) mass is 330 g/mol. The van der Waals surface area contributed by atoms with E-state index in [1.54, 1.807) is 0 Å². The molecule has 126 valence electrons. The van der Waals surface area contributed by atoms with Crippen molar-refractivity contribution in [2.75, 3.05) is 0 Å². The van der Waals surface area contributed by atoms with Gasteiger partial charge in [0.15, 0.2) is 31.3 Å². The van der Waals surface area contributed by atoms with Crippen LogP contribution in [0.2, 0.25) is 0 Å². The number of nitrogens with zero attached hydrogens (tertiary/aromatic N) is 2.